The van der Waals surface area contributed by atoms with E-state index >= 15 is 4.39 Å². The Morgan fingerprint density at radius 2 is 1.64 bits per heavy atom. The third-order valence-corrected chi connectivity index (χ3v) is 6.79. The van der Waals surface area contributed by atoms with Gasteiger partial charge < -0.3 is 19.1 Å². The van der Waals surface area contributed by atoms with Gasteiger partial charge in [-0.3, -0.25) is 4.98 Å². The van der Waals surface area contributed by atoms with Gasteiger partial charge in [0.05, 0.1) is 6.20 Å². The molecule has 39 heavy (non-hydrogen) atoms. The van der Waals surface area contributed by atoms with Crippen LogP contribution < -0.4 is 9.64 Å². The summed E-state index contributed by atoms with van der Waals surface area (Å²) in [6, 6.07) is 1.51. The second kappa shape index (κ2) is 10.4. The molecule has 1 aliphatic carbocycles. The van der Waals surface area contributed by atoms with Crippen molar-refractivity contribution in [1.82, 2.24) is 14.9 Å². The van der Waals surface area contributed by atoms with Gasteiger partial charge in [0.15, 0.2) is 11.6 Å². The quantitative estimate of drug-likeness (QED) is 0.478. The second-order valence-corrected chi connectivity index (χ2v) is 12.8. The molecule has 2 aromatic heterocycles. The predicted molar refractivity (Wildman–Crippen MR) is 145 cm³/mol. The zero-order valence-electron chi connectivity index (χ0n) is 24.1. The molecule has 1 saturated carbocycles. The summed E-state index contributed by atoms with van der Waals surface area (Å²) in [5, 5.41) is 0. The van der Waals surface area contributed by atoms with Crippen molar-refractivity contribution in [3.63, 3.8) is 0 Å². The van der Waals surface area contributed by atoms with Gasteiger partial charge in [0.1, 0.15) is 23.1 Å². The maximum Gasteiger partial charge on any atom is 0.425 e. The molecule has 0 atom stereocenters. The average molecular weight is 543 g/mol. The van der Waals surface area contributed by atoms with E-state index in [1.807, 2.05) is 6.92 Å². The fourth-order valence-corrected chi connectivity index (χ4v) is 5.20. The number of rotatable bonds is 5. The SMILES string of the molecule is Cc1c(Cc2ccnc(N(C(=O)OC(C)(C)C)C(=O)OC(C)(C)C)c2F)cncc1OC1CC2(C1)CN(C)C2. The molecule has 1 spiro atoms. The number of imide groups is 1. The number of hydrogen-bond donors (Lipinski definition) is 0. The summed E-state index contributed by atoms with van der Waals surface area (Å²) in [4.78, 5) is 37.2. The smallest absolute Gasteiger partial charge is 0.425 e. The Morgan fingerprint density at radius 1 is 1.05 bits per heavy atom. The predicted octanol–water partition coefficient (Wildman–Crippen LogP) is 5.66. The maximum atomic E-state index is 15.9. The first-order chi connectivity index (χ1) is 18.1. The van der Waals surface area contributed by atoms with Crippen molar-refractivity contribution in [3.05, 3.63) is 47.2 Å². The first-order valence-electron chi connectivity index (χ1n) is 13.2. The van der Waals surface area contributed by atoms with Crippen LogP contribution in [0.3, 0.4) is 0 Å². The monoisotopic (exact) mass is 542 g/mol. The van der Waals surface area contributed by atoms with Gasteiger partial charge in [0, 0.05) is 37.3 Å². The van der Waals surface area contributed by atoms with E-state index in [1.165, 1.54) is 12.3 Å². The molecule has 1 saturated heterocycles. The van der Waals surface area contributed by atoms with Crippen LogP contribution in [0.5, 0.6) is 5.75 Å². The second-order valence-electron chi connectivity index (χ2n) is 12.8. The highest BCUT2D eigenvalue weighted by molar-refractivity contribution is 6.08. The van der Waals surface area contributed by atoms with E-state index in [-0.39, 0.29) is 18.1 Å². The number of carbonyl (C=O) groups is 2. The number of aromatic nitrogens is 2. The molecule has 2 aliphatic rings. The summed E-state index contributed by atoms with van der Waals surface area (Å²) in [7, 11) is 2.13. The number of pyridine rings is 2. The first-order valence-corrected chi connectivity index (χ1v) is 13.2. The fourth-order valence-electron chi connectivity index (χ4n) is 5.20. The number of hydrogen-bond acceptors (Lipinski definition) is 8. The lowest BCUT2D eigenvalue weighted by Gasteiger charge is -2.57. The Bertz CT molecular complexity index is 1210. The number of likely N-dealkylation sites (tertiary alicyclic amines) is 1. The van der Waals surface area contributed by atoms with Crippen LogP contribution in [-0.2, 0) is 15.9 Å². The Balaban J connectivity index is 1.56. The molecular formula is C29H39FN4O5. The molecule has 3 heterocycles. The molecule has 2 aromatic rings. The largest absolute Gasteiger partial charge is 0.488 e. The Kier molecular flexibility index (Phi) is 7.64. The summed E-state index contributed by atoms with van der Waals surface area (Å²) < 4.78 is 32.9. The van der Waals surface area contributed by atoms with Crippen LogP contribution in [0.25, 0.3) is 0 Å². The lowest BCUT2D eigenvalue weighted by atomic mass is 9.62. The van der Waals surface area contributed by atoms with Crippen molar-refractivity contribution in [3.8, 4) is 5.75 Å². The van der Waals surface area contributed by atoms with Crippen molar-refractivity contribution >= 4 is 18.0 Å². The van der Waals surface area contributed by atoms with Gasteiger partial charge in [-0.25, -0.2) is 19.0 Å². The third-order valence-electron chi connectivity index (χ3n) is 6.79. The Labute approximate surface area is 229 Å². The summed E-state index contributed by atoms with van der Waals surface area (Å²) >= 11 is 0. The number of amides is 2. The number of ether oxygens (including phenoxy) is 3. The van der Waals surface area contributed by atoms with E-state index in [9.17, 15) is 9.59 Å². The molecule has 10 heteroatoms. The first kappa shape index (κ1) is 28.7. The Morgan fingerprint density at radius 3 is 2.18 bits per heavy atom. The third kappa shape index (κ3) is 6.66. The van der Waals surface area contributed by atoms with Gasteiger partial charge in [-0.2, -0.15) is 4.90 Å². The lowest BCUT2D eigenvalue weighted by molar-refractivity contribution is -0.109. The van der Waals surface area contributed by atoms with Gasteiger partial charge in [-0.15, -0.1) is 0 Å². The molecule has 1 aliphatic heterocycles. The van der Waals surface area contributed by atoms with Crippen LogP contribution in [0, 0.1) is 18.2 Å². The van der Waals surface area contributed by atoms with Gasteiger partial charge in [0.25, 0.3) is 0 Å². The van der Waals surface area contributed by atoms with Crippen molar-refractivity contribution in [1.29, 1.82) is 0 Å². The summed E-state index contributed by atoms with van der Waals surface area (Å²) in [6.45, 7) is 14.0. The van der Waals surface area contributed by atoms with Crippen LogP contribution in [0.15, 0.2) is 24.7 Å². The molecule has 0 aromatic carbocycles. The van der Waals surface area contributed by atoms with E-state index in [0.29, 0.717) is 16.1 Å². The highest BCUT2D eigenvalue weighted by Crippen LogP contribution is 2.49. The number of nitrogens with zero attached hydrogens (tertiary/aromatic N) is 4. The van der Waals surface area contributed by atoms with E-state index < -0.39 is 35.0 Å². The van der Waals surface area contributed by atoms with Gasteiger partial charge in [0.2, 0.25) is 0 Å². The van der Waals surface area contributed by atoms with Gasteiger partial charge >= 0.3 is 12.2 Å². The highest BCUT2D eigenvalue weighted by atomic mass is 19.1. The molecule has 0 N–H and O–H groups in total. The van der Waals surface area contributed by atoms with Crippen molar-refractivity contribution in [2.45, 2.75) is 85.0 Å². The Hall–Kier alpha value is -3.27. The number of anilines is 1. The van der Waals surface area contributed by atoms with E-state index in [4.69, 9.17) is 14.2 Å². The molecule has 2 amide bonds. The molecular weight excluding hydrogens is 503 g/mol. The number of carbonyl (C=O) groups excluding carboxylic acids is 2. The molecule has 2 fully saturated rings. The summed E-state index contributed by atoms with van der Waals surface area (Å²) in [6.07, 6.45) is 4.91. The minimum absolute atomic E-state index is 0.148. The zero-order valence-corrected chi connectivity index (χ0v) is 24.1. The minimum atomic E-state index is -1.08. The van der Waals surface area contributed by atoms with Crippen LogP contribution >= 0.6 is 0 Å². The van der Waals surface area contributed by atoms with Crippen LogP contribution in [0.1, 0.15) is 71.1 Å². The average Bonchev–Trinajstić information content (AvgIpc) is 2.74. The van der Waals surface area contributed by atoms with Crippen LogP contribution in [0.4, 0.5) is 19.8 Å². The van der Waals surface area contributed by atoms with Crippen molar-refractivity contribution in [2.24, 2.45) is 5.41 Å². The number of halogens is 1. The minimum Gasteiger partial charge on any atom is -0.488 e. The van der Waals surface area contributed by atoms with Crippen LogP contribution in [0.2, 0.25) is 0 Å². The van der Waals surface area contributed by atoms with Crippen LogP contribution in [-0.4, -0.2) is 64.5 Å². The molecule has 0 unspecified atom stereocenters. The summed E-state index contributed by atoms with van der Waals surface area (Å²) in [5.74, 6) is -0.631. The van der Waals surface area contributed by atoms with Gasteiger partial charge in [-0.05, 0) is 91.1 Å². The molecule has 0 radical (unpaired) electrons. The van der Waals surface area contributed by atoms with Gasteiger partial charge in [-0.1, -0.05) is 0 Å². The topological polar surface area (TPSA) is 94.1 Å². The zero-order chi connectivity index (χ0) is 28.8. The van der Waals surface area contributed by atoms with E-state index in [1.54, 1.807) is 53.9 Å². The molecule has 4 rings (SSSR count). The molecule has 0 bridgehead atoms. The molecule has 9 nitrogen and oxygen atoms in total. The van der Waals surface area contributed by atoms with E-state index in [0.717, 1.165) is 37.1 Å². The van der Waals surface area contributed by atoms with Crippen molar-refractivity contribution in [2.75, 3.05) is 25.0 Å². The normalized spacial score (nSPS) is 17.3. The lowest BCUT2D eigenvalue weighted by Crippen LogP contribution is -2.63. The highest BCUT2D eigenvalue weighted by Gasteiger charge is 2.52. The van der Waals surface area contributed by atoms with Crippen molar-refractivity contribution < 1.29 is 28.2 Å². The maximum absolute atomic E-state index is 15.9. The summed E-state index contributed by atoms with van der Waals surface area (Å²) in [5.41, 5.74) is 0.405. The standard InChI is InChI=1S/C29H39FN4O5/c1-18-20(14-31-15-22(18)37-21-12-29(13-21)16-33(8)17-29)11-19-9-10-32-24(23(19)30)34(25(35)38-27(2,3)4)26(36)39-28(5,6)7/h9-10,14-15,21H,11-13,16-17H2,1-8H3. The van der Waals surface area contributed by atoms with E-state index in [2.05, 4.69) is 21.9 Å². The molecule has 212 valence electrons. The fraction of sp³-hybridized carbons (Fsp3) is 0.586.